The van der Waals surface area contributed by atoms with E-state index < -0.39 is 0 Å². The van der Waals surface area contributed by atoms with Crippen molar-refractivity contribution in [1.29, 1.82) is 0 Å². The molecule has 0 aliphatic carbocycles. The van der Waals surface area contributed by atoms with Crippen molar-refractivity contribution in [3.8, 4) is 0 Å². The van der Waals surface area contributed by atoms with Gasteiger partial charge in [-0.3, -0.25) is 4.79 Å². The molecular formula is C8H8N2OS. The Morgan fingerprint density at radius 2 is 2.25 bits per heavy atom. The summed E-state index contributed by atoms with van der Waals surface area (Å²) >= 11 is 1.19. The summed E-state index contributed by atoms with van der Waals surface area (Å²) in [5.41, 5.74) is 8.19. The van der Waals surface area contributed by atoms with Gasteiger partial charge < -0.3 is 10.7 Å². The smallest absolute Gasteiger partial charge is 0.305 e. The van der Waals surface area contributed by atoms with Crippen molar-refractivity contribution < 1.29 is 0 Å². The van der Waals surface area contributed by atoms with Gasteiger partial charge in [-0.25, -0.2) is 0 Å². The van der Waals surface area contributed by atoms with Gasteiger partial charge in [0.1, 0.15) is 0 Å². The van der Waals surface area contributed by atoms with Crippen molar-refractivity contribution in [3.05, 3.63) is 27.4 Å². The number of rotatable bonds is 0. The van der Waals surface area contributed by atoms with Gasteiger partial charge in [0.05, 0.1) is 15.9 Å². The Bertz CT molecular complexity index is 483. The van der Waals surface area contributed by atoms with E-state index in [2.05, 4.69) is 4.98 Å². The number of hydrogen-bond acceptors (Lipinski definition) is 3. The predicted octanol–water partition coefficient (Wildman–Crippen LogP) is 1.48. The molecular weight excluding hydrogens is 172 g/mol. The van der Waals surface area contributed by atoms with Crippen molar-refractivity contribution in [2.24, 2.45) is 0 Å². The molecule has 12 heavy (non-hydrogen) atoms. The van der Waals surface area contributed by atoms with Crippen LogP contribution in [0.5, 0.6) is 0 Å². The molecule has 0 aliphatic heterocycles. The van der Waals surface area contributed by atoms with Gasteiger partial charge in [0.15, 0.2) is 0 Å². The van der Waals surface area contributed by atoms with Crippen LogP contribution in [0.1, 0.15) is 5.56 Å². The van der Waals surface area contributed by atoms with Crippen LogP contribution in [0.4, 0.5) is 5.69 Å². The molecule has 0 bridgehead atoms. The normalized spacial score (nSPS) is 10.8. The molecule has 62 valence electrons. The summed E-state index contributed by atoms with van der Waals surface area (Å²) in [5.74, 6) is 0. The van der Waals surface area contributed by atoms with E-state index in [1.165, 1.54) is 11.3 Å². The number of thiazole rings is 1. The summed E-state index contributed by atoms with van der Waals surface area (Å²) in [4.78, 5) is 13.6. The molecule has 1 aromatic carbocycles. The first-order valence-electron chi connectivity index (χ1n) is 3.56. The second-order valence-corrected chi connectivity index (χ2v) is 3.76. The lowest BCUT2D eigenvalue weighted by molar-refractivity contribution is 1.40. The Morgan fingerprint density at radius 1 is 1.50 bits per heavy atom. The number of benzene rings is 1. The van der Waals surface area contributed by atoms with Crippen molar-refractivity contribution in [2.45, 2.75) is 6.92 Å². The topological polar surface area (TPSA) is 58.9 Å². The van der Waals surface area contributed by atoms with Crippen LogP contribution in [-0.4, -0.2) is 4.98 Å². The molecule has 3 nitrogen and oxygen atoms in total. The van der Waals surface area contributed by atoms with Gasteiger partial charge >= 0.3 is 4.87 Å². The molecule has 3 N–H and O–H groups in total. The van der Waals surface area contributed by atoms with Crippen molar-refractivity contribution in [3.63, 3.8) is 0 Å². The average molecular weight is 180 g/mol. The van der Waals surface area contributed by atoms with Gasteiger partial charge in [0.2, 0.25) is 0 Å². The zero-order valence-electron chi connectivity index (χ0n) is 6.55. The van der Waals surface area contributed by atoms with E-state index in [4.69, 9.17) is 5.73 Å². The van der Waals surface area contributed by atoms with Crippen LogP contribution in [-0.2, 0) is 0 Å². The molecule has 0 radical (unpaired) electrons. The summed E-state index contributed by atoms with van der Waals surface area (Å²) in [6.45, 7) is 1.96. The number of nitrogens with two attached hydrogens (primary N) is 1. The lowest BCUT2D eigenvalue weighted by Gasteiger charge is -1.96. The van der Waals surface area contributed by atoms with Gasteiger partial charge in [-0.2, -0.15) is 0 Å². The molecule has 0 saturated carbocycles. The molecule has 4 heteroatoms. The fraction of sp³-hybridized carbons (Fsp3) is 0.125. The second kappa shape index (κ2) is 2.35. The Hall–Kier alpha value is -1.29. The van der Waals surface area contributed by atoms with E-state index >= 15 is 0 Å². The maximum Gasteiger partial charge on any atom is 0.305 e. The largest absolute Gasteiger partial charge is 0.397 e. The van der Waals surface area contributed by atoms with Crippen LogP contribution in [0.2, 0.25) is 0 Å². The quantitative estimate of drug-likeness (QED) is 0.603. The van der Waals surface area contributed by atoms with Gasteiger partial charge in [0.25, 0.3) is 0 Å². The van der Waals surface area contributed by atoms with Crippen molar-refractivity contribution in [2.75, 3.05) is 5.73 Å². The van der Waals surface area contributed by atoms with E-state index in [9.17, 15) is 4.79 Å². The molecule has 1 heterocycles. The molecule has 0 unspecified atom stereocenters. The minimum Gasteiger partial charge on any atom is -0.397 e. The van der Waals surface area contributed by atoms with Crippen LogP contribution < -0.4 is 10.6 Å². The first-order chi connectivity index (χ1) is 5.66. The standard InChI is InChI=1S/C8H8N2OS/c1-4-2-5(9)7-6(3-4)12-8(11)10-7/h2-3H,9H2,1H3,(H,10,11). The number of aromatic nitrogens is 1. The molecule has 0 atom stereocenters. The lowest BCUT2D eigenvalue weighted by atomic mass is 10.2. The van der Waals surface area contributed by atoms with E-state index in [0.717, 1.165) is 15.8 Å². The van der Waals surface area contributed by atoms with Crippen molar-refractivity contribution >= 4 is 27.2 Å². The summed E-state index contributed by atoms with van der Waals surface area (Å²) in [6, 6.07) is 3.80. The molecule has 0 amide bonds. The Kier molecular flexibility index (Phi) is 1.44. The molecule has 0 spiro atoms. The average Bonchev–Trinajstić information content (AvgIpc) is 2.29. The molecule has 0 fully saturated rings. The molecule has 2 aromatic rings. The minimum atomic E-state index is -0.0534. The maximum atomic E-state index is 11.0. The van der Waals surface area contributed by atoms with Gasteiger partial charge in [-0.1, -0.05) is 11.3 Å². The van der Waals surface area contributed by atoms with Crippen LogP contribution in [0.3, 0.4) is 0 Å². The van der Waals surface area contributed by atoms with Crippen LogP contribution in [0.15, 0.2) is 16.9 Å². The van der Waals surface area contributed by atoms with E-state index in [1.54, 1.807) is 0 Å². The second-order valence-electron chi connectivity index (χ2n) is 2.74. The fourth-order valence-electron chi connectivity index (χ4n) is 1.22. The molecule has 0 aliphatic rings. The highest BCUT2D eigenvalue weighted by atomic mass is 32.1. The number of nitrogens with one attached hydrogen (secondary N) is 1. The summed E-state index contributed by atoms with van der Waals surface area (Å²) < 4.78 is 0.928. The number of aryl methyl sites for hydroxylation is 1. The Morgan fingerprint density at radius 3 is 3.00 bits per heavy atom. The number of H-pyrrole nitrogens is 1. The van der Waals surface area contributed by atoms with E-state index in [0.29, 0.717) is 5.69 Å². The molecule has 1 aromatic heterocycles. The van der Waals surface area contributed by atoms with Crippen molar-refractivity contribution in [1.82, 2.24) is 4.98 Å². The zero-order valence-corrected chi connectivity index (χ0v) is 7.37. The van der Waals surface area contributed by atoms with Gasteiger partial charge in [-0.05, 0) is 24.6 Å². The molecule has 2 rings (SSSR count). The number of nitrogen functional groups attached to an aromatic ring is 1. The third kappa shape index (κ3) is 1.00. The number of anilines is 1. The third-order valence-electron chi connectivity index (χ3n) is 1.71. The first-order valence-corrected chi connectivity index (χ1v) is 4.37. The van der Waals surface area contributed by atoms with Crippen LogP contribution in [0, 0.1) is 6.92 Å². The first kappa shape index (κ1) is 7.36. The third-order valence-corrected chi connectivity index (χ3v) is 2.54. The van der Waals surface area contributed by atoms with Crippen LogP contribution in [0.25, 0.3) is 10.2 Å². The van der Waals surface area contributed by atoms with Crippen LogP contribution >= 0.6 is 11.3 Å². The monoisotopic (exact) mass is 180 g/mol. The highest BCUT2D eigenvalue weighted by Gasteiger charge is 2.02. The highest BCUT2D eigenvalue weighted by Crippen LogP contribution is 2.22. The maximum absolute atomic E-state index is 11.0. The summed E-state index contributed by atoms with van der Waals surface area (Å²) in [6.07, 6.45) is 0. The van der Waals surface area contributed by atoms with Gasteiger partial charge in [0, 0.05) is 0 Å². The lowest BCUT2D eigenvalue weighted by Crippen LogP contribution is -1.92. The zero-order chi connectivity index (χ0) is 8.72. The van der Waals surface area contributed by atoms with E-state index in [1.807, 2.05) is 19.1 Å². The number of hydrogen-bond donors (Lipinski definition) is 2. The highest BCUT2D eigenvalue weighted by molar-refractivity contribution is 7.16. The Balaban J connectivity index is 2.97. The SMILES string of the molecule is Cc1cc(N)c2[nH]c(=O)sc2c1. The van der Waals surface area contributed by atoms with Gasteiger partial charge in [-0.15, -0.1) is 0 Å². The number of fused-ring (bicyclic) bond motifs is 1. The predicted molar refractivity (Wildman–Crippen MR) is 51.6 cm³/mol. The number of aromatic amines is 1. The Labute approximate surface area is 72.8 Å². The fourth-order valence-corrected chi connectivity index (χ4v) is 2.09. The molecule has 0 saturated heterocycles. The van der Waals surface area contributed by atoms with E-state index in [-0.39, 0.29) is 4.87 Å². The summed E-state index contributed by atoms with van der Waals surface area (Å²) in [7, 11) is 0. The minimum absolute atomic E-state index is 0.0534. The summed E-state index contributed by atoms with van der Waals surface area (Å²) in [5, 5.41) is 0.